The zero-order valence-corrected chi connectivity index (χ0v) is 35.0. The maximum absolute atomic E-state index is 13.8. The van der Waals surface area contributed by atoms with Crippen molar-refractivity contribution in [2.24, 2.45) is 0 Å². The Morgan fingerprint density at radius 3 is 1.45 bits per heavy atom. The fraction of sp³-hybridized carbons (Fsp3) is 0.348. The molecule has 1 N–H and O–H groups in total. The van der Waals surface area contributed by atoms with E-state index >= 15 is 0 Å². The van der Waals surface area contributed by atoms with Crippen LogP contribution in [0.2, 0.25) is 0 Å². The van der Waals surface area contributed by atoms with E-state index in [9.17, 15) is 33.9 Å². The Hall–Kier alpha value is -6.86. The van der Waals surface area contributed by atoms with E-state index in [-0.39, 0.29) is 22.4 Å². The molecule has 0 bridgehead atoms. The Balaban J connectivity index is 1.43. The van der Waals surface area contributed by atoms with Crippen LogP contribution in [0.4, 0.5) is 0 Å². The maximum atomic E-state index is 13.8. The number of carbonyl (C=O) groups is 6. The molecule has 10 atom stereocenters. The third kappa shape index (κ3) is 12.2. The number of carbonyl (C=O) groups excluding carboxylic acids is 6. The van der Waals surface area contributed by atoms with Crippen molar-refractivity contribution >= 4 is 35.8 Å². The van der Waals surface area contributed by atoms with Crippen molar-refractivity contribution in [2.75, 3.05) is 20.3 Å². The lowest BCUT2D eigenvalue weighted by molar-refractivity contribution is -0.352. The van der Waals surface area contributed by atoms with Gasteiger partial charge < -0.3 is 57.2 Å². The number of ether oxygens (including phenoxy) is 11. The quantitative estimate of drug-likeness (QED) is 0.124. The average molecular weight is 887 g/mol. The molecule has 0 radical (unpaired) electrons. The molecule has 2 aliphatic rings. The molecule has 64 heavy (non-hydrogen) atoms. The molecule has 0 saturated carbocycles. The summed E-state index contributed by atoms with van der Waals surface area (Å²) in [4.78, 5) is 78.3. The molecule has 338 valence electrons. The maximum Gasteiger partial charge on any atom is 0.338 e. The van der Waals surface area contributed by atoms with E-state index in [1.165, 1.54) is 55.6 Å². The van der Waals surface area contributed by atoms with Crippen molar-refractivity contribution in [3.63, 3.8) is 0 Å². The second kappa shape index (κ2) is 22.0. The van der Waals surface area contributed by atoms with Gasteiger partial charge in [-0.3, -0.25) is 14.4 Å². The summed E-state index contributed by atoms with van der Waals surface area (Å²) in [5.41, 5.74) is 0.293. The van der Waals surface area contributed by atoms with Gasteiger partial charge in [0.1, 0.15) is 49.1 Å². The molecule has 2 heterocycles. The van der Waals surface area contributed by atoms with Gasteiger partial charge in [-0.05, 0) is 60.7 Å². The third-order valence-corrected chi connectivity index (χ3v) is 9.76. The number of rotatable bonds is 16. The normalized spacial score (nSPS) is 25.1. The SMILES string of the molecule is COc1ccc(O[C@@H]2O[C@H](COC(C)=O)[C@@H](OC(C)=O)[C@H](O[C@@H]3O[C@H](COC(=O)c4ccccc4)[C@@H](OC(=O)c4ccccc4)[C@H](O)[C@H]3OC(=O)c3ccccc3)[C@H]2OC(C)=O)cc1. The summed E-state index contributed by atoms with van der Waals surface area (Å²) in [5, 5.41) is 12.2. The highest BCUT2D eigenvalue weighted by Gasteiger charge is 2.57. The summed E-state index contributed by atoms with van der Waals surface area (Å²) in [6, 6.07) is 29.6. The molecule has 2 saturated heterocycles. The average Bonchev–Trinajstić information content (AvgIpc) is 3.29. The highest BCUT2D eigenvalue weighted by atomic mass is 16.8. The first-order valence-electron chi connectivity index (χ1n) is 20.0. The van der Waals surface area contributed by atoms with Gasteiger partial charge in [0.05, 0.1) is 23.8 Å². The van der Waals surface area contributed by atoms with Gasteiger partial charge in [0.25, 0.3) is 0 Å². The fourth-order valence-corrected chi connectivity index (χ4v) is 6.81. The van der Waals surface area contributed by atoms with E-state index in [1.54, 1.807) is 66.7 Å². The summed E-state index contributed by atoms with van der Waals surface area (Å²) in [6.07, 6.45) is -16.9. The zero-order chi connectivity index (χ0) is 45.8. The van der Waals surface area contributed by atoms with Crippen LogP contribution in [0.3, 0.4) is 0 Å². The van der Waals surface area contributed by atoms with Gasteiger partial charge in [0, 0.05) is 20.8 Å². The molecule has 4 aromatic carbocycles. The van der Waals surface area contributed by atoms with Gasteiger partial charge in [0.2, 0.25) is 6.29 Å². The van der Waals surface area contributed by atoms with Gasteiger partial charge >= 0.3 is 35.8 Å². The lowest BCUT2D eigenvalue weighted by Gasteiger charge is -2.48. The van der Waals surface area contributed by atoms with Gasteiger partial charge in [-0.2, -0.15) is 0 Å². The monoisotopic (exact) mass is 886 g/mol. The number of aliphatic hydroxyl groups is 1. The molecule has 2 aliphatic heterocycles. The topological polar surface area (TPSA) is 224 Å². The van der Waals surface area contributed by atoms with E-state index < -0.39 is 110 Å². The molecule has 18 nitrogen and oxygen atoms in total. The van der Waals surface area contributed by atoms with E-state index in [4.69, 9.17) is 52.1 Å². The predicted molar refractivity (Wildman–Crippen MR) is 218 cm³/mol. The third-order valence-electron chi connectivity index (χ3n) is 9.76. The van der Waals surface area contributed by atoms with Crippen LogP contribution in [-0.2, 0) is 57.0 Å². The molecule has 2 fully saturated rings. The van der Waals surface area contributed by atoms with Crippen LogP contribution >= 0.6 is 0 Å². The van der Waals surface area contributed by atoms with Gasteiger partial charge in [-0.15, -0.1) is 0 Å². The Kier molecular flexibility index (Phi) is 16.0. The summed E-state index contributed by atoms with van der Waals surface area (Å²) >= 11 is 0. The van der Waals surface area contributed by atoms with E-state index in [2.05, 4.69) is 0 Å². The molecule has 0 aromatic heterocycles. The van der Waals surface area contributed by atoms with Gasteiger partial charge in [-0.25, -0.2) is 14.4 Å². The van der Waals surface area contributed by atoms with Crippen LogP contribution in [0, 0.1) is 0 Å². The minimum atomic E-state index is -1.98. The van der Waals surface area contributed by atoms with Crippen molar-refractivity contribution in [2.45, 2.75) is 82.2 Å². The van der Waals surface area contributed by atoms with Gasteiger partial charge in [-0.1, -0.05) is 54.6 Å². The minimum Gasteiger partial charge on any atom is -0.497 e. The Morgan fingerprint density at radius 1 is 0.484 bits per heavy atom. The number of hydrogen-bond donors (Lipinski definition) is 1. The predicted octanol–water partition coefficient (Wildman–Crippen LogP) is 4.00. The van der Waals surface area contributed by atoms with Crippen LogP contribution in [0.5, 0.6) is 11.5 Å². The summed E-state index contributed by atoms with van der Waals surface area (Å²) in [5.74, 6) is -4.50. The highest BCUT2D eigenvalue weighted by Crippen LogP contribution is 2.36. The van der Waals surface area contributed by atoms with Crippen molar-refractivity contribution < 1.29 is 86.0 Å². The Labute approximate surface area is 367 Å². The first kappa shape index (κ1) is 46.6. The molecule has 0 amide bonds. The Morgan fingerprint density at radius 2 is 0.938 bits per heavy atom. The lowest BCUT2D eigenvalue weighted by atomic mass is 9.96. The standard InChI is InChI=1S/C46H46O18/c1-26(47)55-24-35-38(57-27(2)48)40(41(58-28(3)49)46(61-35)59-33-22-20-32(54-4)21-23-33)64-45-39(63-44(53)31-18-12-7-13-19-31)36(50)37(62-43(52)30-16-10-6-11-17-30)34(60-45)25-56-42(51)29-14-8-5-9-15-29/h5-23,34-41,45-46,50H,24-25H2,1-4H3/t34-,35-,36+,37-,38-,39-,40+,41-,45+,46-/m1/s1. The first-order chi connectivity index (χ1) is 30.8. The number of esters is 6. The number of aliphatic hydroxyl groups excluding tert-OH is 1. The molecular formula is C46H46O18. The molecule has 0 spiro atoms. The van der Waals surface area contributed by atoms with Gasteiger partial charge in [0.15, 0.2) is 30.7 Å². The van der Waals surface area contributed by atoms with Crippen LogP contribution in [0.1, 0.15) is 51.8 Å². The second-order valence-corrected chi connectivity index (χ2v) is 14.4. The molecule has 6 rings (SSSR count). The van der Waals surface area contributed by atoms with Crippen LogP contribution < -0.4 is 9.47 Å². The smallest absolute Gasteiger partial charge is 0.338 e. The van der Waals surface area contributed by atoms with Crippen molar-refractivity contribution in [3.8, 4) is 11.5 Å². The molecule has 0 aliphatic carbocycles. The first-order valence-corrected chi connectivity index (χ1v) is 20.0. The summed E-state index contributed by atoms with van der Waals surface area (Å²) in [6.45, 7) is 2.09. The van der Waals surface area contributed by atoms with Crippen molar-refractivity contribution in [1.29, 1.82) is 0 Å². The molecule has 18 heteroatoms. The highest BCUT2D eigenvalue weighted by molar-refractivity contribution is 5.90. The number of methoxy groups -OCH3 is 1. The molecular weight excluding hydrogens is 840 g/mol. The van der Waals surface area contributed by atoms with E-state index in [0.29, 0.717) is 5.75 Å². The summed E-state index contributed by atoms with van der Waals surface area (Å²) in [7, 11) is 1.47. The number of hydrogen-bond acceptors (Lipinski definition) is 18. The molecule has 0 unspecified atom stereocenters. The van der Waals surface area contributed by atoms with Crippen molar-refractivity contribution in [3.05, 3.63) is 132 Å². The van der Waals surface area contributed by atoms with E-state index in [0.717, 1.165) is 20.8 Å². The minimum absolute atomic E-state index is 0.0428. The lowest BCUT2D eigenvalue weighted by Crippen LogP contribution is -2.67. The zero-order valence-electron chi connectivity index (χ0n) is 35.0. The van der Waals surface area contributed by atoms with Crippen LogP contribution in [0.25, 0.3) is 0 Å². The number of benzene rings is 4. The Bertz CT molecular complexity index is 2200. The van der Waals surface area contributed by atoms with Crippen LogP contribution in [-0.4, -0.2) is 123 Å². The van der Waals surface area contributed by atoms with Crippen LogP contribution in [0.15, 0.2) is 115 Å². The fourth-order valence-electron chi connectivity index (χ4n) is 6.81. The second-order valence-electron chi connectivity index (χ2n) is 14.4. The summed E-state index contributed by atoms with van der Waals surface area (Å²) < 4.78 is 64.6. The van der Waals surface area contributed by atoms with E-state index in [1.807, 2.05) is 0 Å². The van der Waals surface area contributed by atoms with Crippen molar-refractivity contribution in [1.82, 2.24) is 0 Å². The molecule has 4 aromatic rings. The largest absolute Gasteiger partial charge is 0.497 e.